The number of anilines is 2. The first-order valence-electron chi connectivity index (χ1n) is 22.7. The molecule has 64 heavy (non-hydrogen) atoms. The molecule has 2 aliphatic heterocycles. The standard InChI is InChI=1S/C46H56F2N10O6/c1-55-41-31(4-2-6-36(41)58(46(55)62)37-13-14-39(59)53-44(37)61)5-3-21-63-26-30-16-19-56(20-17-30)24-29-9-11-33(12-10-29)57-25-34(40(54-57)42(47)48)51-43(60)35-27-64-45(52-35)32-15-18-49-38(22-32)50-23-28-7-8-28/h2,4,6,15,18,22,25,27-30,33,37,42H,3,5,7-14,16-17,19-21,23-24,26H2,1H3,(H,49,50)(H,51,60)(H,53,59,61). The number of aryl methyl sites for hydroxylation is 2. The molecule has 1 aromatic carbocycles. The van der Waals surface area contributed by atoms with Crippen LogP contribution < -0.4 is 21.6 Å². The average molecular weight is 883 g/mol. The van der Waals surface area contributed by atoms with Crippen molar-refractivity contribution >= 4 is 40.3 Å². The fourth-order valence-electron chi connectivity index (χ4n) is 9.64. The molecule has 2 aliphatic carbocycles. The molecule has 1 atom stereocenters. The minimum absolute atomic E-state index is 0.0245. The van der Waals surface area contributed by atoms with Crippen LogP contribution in [0.15, 0.2) is 58.2 Å². The van der Waals surface area contributed by atoms with Crippen molar-refractivity contribution in [3.05, 3.63) is 76.4 Å². The van der Waals surface area contributed by atoms with Crippen molar-refractivity contribution in [3.63, 3.8) is 0 Å². The molecule has 5 aromatic rings. The quantitative estimate of drug-likeness (QED) is 0.0670. The lowest BCUT2D eigenvalue weighted by Gasteiger charge is -2.36. The molecule has 18 heteroatoms. The third kappa shape index (κ3) is 9.82. The second-order valence-corrected chi connectivity index (χ2v) is 18.0. The average Bonchev–Trinajstić information content (AvgIpc) is 3.70. The summed E-state index contributed by atoms with van der Waals surface area (Å²) in [6.45, 7) is 5.22. The molecular weight excluding hydrogens is 827 g/mol. The van der Waals surface area contributed by atoms with Gasteiger partial charge in [0, 0.05) is 57.7 Å². The van der Waals surface area contributed by atoms with E-state index < -0.39 is 30.0 Å². The predicted octanol–water partition coefficient (Wildman–Crippen LogP) is 6.67. The molecule has 340 valence electrons. The zero-order chi connectivity index (χ0) is 44.3. The minimum Gasteiger partial charge on any atom is -0.444 e. The fourth-order valence-corrected chi connectivity index (χ4v) is 9.64. The first-order valence-corrected chi connectivity index (χ1v) is 22.7. The molecule has 2 saturated carbocycles. The predicted molar refractivity (Wildman–Crippen MR) is 234 cm³/mol. The molecule has 16 nitrogen and oxygen atoms in total. The number of carbonyl (C=O) groups excluding carboxylic acids is 3. The van der Waals surface area contributed by atoms with Crippen LogP contribution in [0.25, 0.3) is 22.5 Å². The van der Waals surface area contributed by atoms with E-state index in [1.54, 1.807) is 34.6 Å². The largest absolute Gasteiger partial charge is 0.444 e. The molecule has 1 unspecified atom stereocenters. The number of imidazole rings is 1. The highest BCUT2D eigenvalue weighted by Crippen LogP contribution is 2.36. The Morgan fingerprint density at radius 1 is 1.00 bits per heavy atom. The molecule has 4 aliphatic rings. The Kier molecular flexibility index (Phi) is 13.0. The van der Waals surface area contributed by atoms with Crippen molar-refractivity contribution in [1.29, 1.82) is 0 Å². The third-order valence-electron chi connectivity index (χ3n) is 13.4. The zero-order valence-electron chi connectivity index (χ0n) is 36.1. The molecule has 0 spiro atoms. The van der Waals surface area contributed by atoms with Gasteiger partial charge in [-0.1, -0.05) is 12.1 Å². The van der Waals surface area contributed by atoms with E-state index >= 15 is 0 Å². The van der Waals surface area contributed by atoms with Crippen molar-refractivity contribution in [1.82, 2.24) is 39.1 Å². The number of oxazole rings is 1. The first kappa shape index (κ1) is 43.5. The number of piperidine rings is 2. The number of halogens is 2. The van der Waals surface area contributed by atoms with Gasteiger partial charge in [0.15, 0.2) is 11.4 Å². The second kappa shape index (κ2) is 19.2. The van der Waals surface area contributed by atoms with E-state index in [2.05, 4.69) is 35.9 Å². The SMILES string of the molecule is Cn1c(=O)n(C2CCC(=O)NC2=O)c2cccc(CCCOCC3CCN(CC4CCC(n5cc(NC(=O)c6coc(-c7ccnc(NCC8CC8)c7)n6)c(C(F)F)n5)CC4)CC3)c21. The Morgan fingerprint density at radius 3 is 2.56 bits per heavy atom. The van der Waals surface area contributed by atoms with Gasteiger partial charge in [0.25, 0.3) is 12.3 Å². The van der Waals surface area contributed by atoms with E-state index in [0.717, 1.165) is 88.6 Å². The van der Waals surface area contributed by atoms with Crippen LogP contribution in [0, 0.1) is 17.8 Å². The Morgan fingerprint density at radius 2 is 1.80 bits per heavy atom. The number of carbonyl (C=O) groups is 3. The first-order chi connectivity index (χ1) is 31.1. The number of alkyl halides is 2. The van der Waals surface area contributed by atoms with E-state index in [1.807, 2.05) is 18.2 Å². The lowest BCUT2D eigenvalue weighted by Crippen LogP contribution is -2.44. The summed E-state index contributed by atoms with van der Waals surface area (Å²) in [5.74, 6) is 1.21. The molecule has 9 rings (SSSR count). The number of rotatable bonds is 17. The molecule has 3 N–H and O–H groups in total. The highest BCUT2D eigenvalue weighted by atomic mass is 19.3. The van der Waals surface area contributed by atoms with Crippen molar-refractivity contribution < 1.29 is 32.3 Å². The summed E-state index contributed by atoms with van der Waals surface area (Å²) >= 11 is 0. The minimum atomic E-state index is -2.86. The van der Waals surface area contributed by atoms with E-state index in [-0.39, 0.29) is 41.3 Å². The van der Waals surface area contributed by atoms with Crippen LogP contribution in [-0.4, -0.2) is 90.9 Å². The maximum Gasteiger partial charge on any atom is 0.329 e. The van der Waals surface area contributed by atoms with Gasteiger partial charge in [0.05, 0.1) is 22.8 Å². The lowest BCUT2D eigenvalue weighted by molar-refractivity contribution is -0.135. The van der Waals surface area contributed by atoms with Gasteiger partial charge in [-0.25, -0.2) is 23.5 Å². The summed E-state index contributed by atoms with van der Waals surface area (Å²) in [4.78, 5) is 62.0. The number of nitrogens with zero attached hydrogens (tertiary/aromatic N) is 7. The summed E-state index contributed by atoms with van der Waals surface area (Å²) in [6.07, 6.45) is 11.7. The number of hydrogen-bond acceptors (Lipinski definition) is 11. The smallest absolute Gasteiger partial charge is 0.329 e. The number of fused-ring (bicyclic) bond motifs is 1. The Labute approximate surface area is 369 Å². The van der Waals surface area contributed by atoms with Crippen LogP contribution in [0.2, 0.25) is 0 Å². The van der Waals surface area contributed by atoms with Crippen molar-refractivity contribution in [2.75, 3.05) is 50.0 Å². The number of ether oxygens (including phenoxy) is 1. The monoisotopic (exact) mass is 882 g/mol. The van der Waals surface area contributed by atoms with E-state index in [1.165, 1.54) is 29.9 Å². The van der Waals surface area contributed by atoms with Gasteiger partial charge in [0.1, 0.15) is 18.1 Å². The van der Waals surface area contributed by atoms with Crippen molar-refractivity contribution in [2.45, 2.75) is 95.6 Å². The van der Waals surface area contributed by atoms with Gasteiger partial charge in [-0.05, 0) is 125 Å². The summed E-state index contributed by atoms with van der Waals surface area (Å²) < 4.78 is 44.8. The number of benzene rings is 1. The third-order valence-corrected chi connectivity index (χ3v) is 13.4. The van der Waals surface area contributed by atoms with Gasteiger partial charge in [-0.3, -0.25) is 33.5 Å². The van der Waals surface area contributed by atoms with E-state index in [9.17, 15) is 28.0 Å². The van der Waals surface area contributed by atoms with Gasteiger partial charge >= 0.3 is 5.69 Å². The summed E-state index contributed by atoms with van der Waals surface area (Å²) in [6, 6.07) is 8.58. The normalized spacial score (nSPS) is 21.2. The van der Waals surface area contributed by atoms with Crippen LogP contribution in [-0.2, 0) is 27.8 Å². The Hall–Kier alpha value is -5.75. The number of imide groups is 1. The number of pyridine rings is 1. The Bertz CT molecular complexity index is 2530. The van der Waals surface area contributed by atoms with Gasteiger partial charge in [-0.15, -0.1) is 0 Å². The van der Waals surface area contributed by atoms with Gasteiger partial charge in [0.2, 0.25) is 17.7 Å². The molecule has 4 aromatic heterocycles. The molecule has 0 bridgehead atoms. The molecule has 6 heterocycles. The molecule has 4 fully saturated rings. The van der Waals surface area contributed by atoms with E-state index in [4.69, 9.17) is 9.15 Å². The summed E-state index contributed by atoms with van der Waals surface area (Å²) in [5, 5.41) is 12.5. The van der Waals surface area contributed by atoms with E-state index in [0.29, 0.717) is 54.3 Å². The maximum atomic E-state index is 14.2. The van der Waals surface area contributed by atoms with Crippen LogP contribution in [0.4, 0.5) is 20.3 Å². The summed E-state index contributed by atoms with van der Waals surface area (Å²) in [7, 11) is 1.73. The molecule has 3 amide bonds. The lowest BCUT2D eigenvalue weighted by atomic mass is 9.85. The number of hydrogen-bond donors (Lipinski definition) is 3. The second-order valence-electron chi connectivity index (χ2n) is 18.0. The number of likely N-dealkylation sites (tertiary alicyclic amines) is 1. The number of nitrogens with one attached hydrogen (secondary N) is 3. The summed E-state index contributed by atoms with van der Waals surface area (Å²) in [5.41, 5.74) is 2.40. The van der Waals surface area contributed by atoms with Crippen LogP contribution in [0.1, 0.15) is 111 Å². The van der Waals surface area contributed by atoms with Crippen LogP contribution in [0.3, 0.4) is 0 Å². The van der Waals surface area contributed by atoms with Crippen LogP contribution >= 0.6 is 0 Å². The zero-order valence-corrected chi connectivity index (χ0v) is 36.1. The molecule has 2 saturated heterocycles. The highest BCUT2D eigenvalue weighted by molar-refractivity contribution is 6.03. The van der Waals surface area contributed by atoms with Crippen LogP contribution in [0.5, 0.6) is 0 Å². The molecule has 0 radical (unpaired) electrons. The maximum absolute atomic E-state index is 14.2. The van der Waals surface area contributed by atoms with Crippen molar-refractivity contribution in [3.8, 4) is 11.5 Å². The topological polar surface area (TPSA) is 183 Å². The highest BCUT2D eigenvalue weighted by Gasteiger charge is 2.33. The fraction of sp³-hybridized carbons (Fsp3) is 0.543. The number of amides is 3. The number of para-hydroxylation sites is 1. The van der Waals surface area contributed by atoms with Crippen molar-refractivity contribution in [2.24, 2.45) is 24.8 Å². The molecular formula is C46H56F2N10O6. The van der Waals surface area contributed by atoms with Gasteiger partial charge < -0.3 is 24.7 Å². The Balaban J connectivity index is 0.697. The number of aromatic nitrogens is 6. The van der Waals surface area contributed by atoms with Gasteiger partial charge in [-0.2, -0.15) is 5.10 Å².